The molecule has 1 atom stereocenters. The number of nitriles is 1. The van der Waals surface area contributed by atoms with Gasteiger partial charge in [0.05, 0.1) is 45.4 Å². The molecule has 5 rings (SSSR count). The molecule has 0 bridgehead atoms. The Hall–Kier alpha value is -4.32. The van der Waals surface area contributed by atoms with Crippen LogP contribution in [0.3, 0.4) is 0 Å². The molecule has 0 saturated heterocycles. The van der Waals surface area contributed by atoms with Gasteiger partial charge in [-0.3, -0.25) is 15.0 Å². The van der Waals surface area contributed by atoms with E-state index in [4.69, 9.17) is 23.2 Å². The Bertz CT molecular complexity index is 1640. The van der Waals surface area contributed by atoms with E-state index < -0.39 is 11.9 Å². The van der Waals surface area contributed by atoms with Gasteiger partial charge in [-0.2, -0.15) is 5.26 Å². The van der Waals surface area contributed by atoms with Crippen LogP contribution in [-0.2, 0) is 0 Å². The van der Waals surface area contributed by atoms with Gasteiger partial charge in [0.25, 0.3) is 0 Å². The Labute approximate surface area is 220 Å². The fourth-order valence-corrected chi connectivity index (χ4v) is 4.31. The first kappa shape index (κ1) is 24.4. The van der Waals surface area contributed by atoms with Crippen LogP contribution in [0.15, 0.2) is 79.4 Å². The molecule has 1 unspecified atom stereocenters. The SMILES string of the molecule is N#Cc1cnc2c(NC(c3ccc(F)cc3)c3cnccn3)cc(Cl)cc2c1Nc1ccc(F)c(Cl)c1. The summed E-state index contributed by atoms with van der Waals surface area (Å²) in [4.78, 5) is 13.1. The van der Waals surface area contributed by atoms with Crippen LogP contribution in [0, 0.1) is 23.0 Å². The number of nitrogens with zero attached hydrogens (tertiary/aromatic N) is 4. The van der Waals surface area contributed by atoms with Gasteiger partial charge < -0.3 is 10.6 Å². The molecule has 0 aliphatic rings. The number of aromatic nitrogens is 3. The van der Waals surface area contributed by atoms with Crippen LogP contribution in [0.25, 0.3) is 10.9 Å². The largest absolute Gasteiger partial charge is 0.371 e. The molecule has 0 fully saturated rings. The molecule has 0 saturated carbocycles. The summed E-state index contributed by atoms with van der Waals surface area (Å²) in [6, 6.07) is 15.2. The number of rotatable bonds is 6. The summed E-state index contributed by atoms with van der Waals surface area (Å²) in [5.74, 6) is -0.921. The molecule has 2 N–H and O–H groups in total. The maximum Gasteiger partial charge on any atom is 0.141 e. The molecule has 10 heteroatoms. The predicted molar refractivity (Wildman–Crippen MR) is 140 cm³/mol. The quantitative estimate of drug-likeness (QED) is 0.236. The number of benzene rings is 3. The number of halogens is 4. The van der Waals surface area contributed by atoms with Gasteiger partial charge in [-0.15, -0.1) is 0 Å². The van der Waals surface area contributed by atoms with Crippen molar-refractivity contribution in [2.75, 3.05) is 10.6 Å². The van der Waals surface area contributed by atoms with Gasteiger partial charge in [-0.1, -0.05) is 35.3 Å². The lowest BCUT2D eigenvalue weighted by atomic mass is 10.0. The third-order valence-corrected chi connectivity index (χ3v) is 6.14. The Balaban J connectivity index is 1.64. The first-order valence-corrected chi connectivity index (χ1v) is 11.7. The highest BCUT2D eigenvalue weighted by atomic mass is 35.5. The number of hydrogen-bond donors (Lipinski definition) is 2. The summed E-state index contributed by atoms with van der Waals surface area (Å²) in [7, 11) is 0. The molecule has 5 aromatic rings. The topological polar surface area (TPSA) is 86.5 Å². The van der Waals surface area contributed by atoms with Crippen molar-refractivity contribution in [2.24, 2.45) is 0 Å². The van der Waals surface area contributed by atoms with Gasteiger partial charge in [0.2, 0.25) is 0 Å². The van der Waals surface area contributed by atoms with Crippen LogP contribution in [0.5, 0.6) is 0 Å². The molecule has 6 nitrogen and oxygen atoms in total. The highest BCUT2D eigenvalue weighted by Crippen LogP contribution is 2.37. The molecular formula is C27H16Cl2F2N6. The highest BCUT2D eigenvalue weighted by Gasteiger charge is 2.20. The summed E-state index contributed by atoms with van der Waals surface area (Å²) < 4.78 is 27.3. The molecule has 3 aromatic carbocycles. The second-order valence-corrected chi connectivity index (χ2v) is 8.86. The summed E-state index contributed by atoms with van der Waals surface area (Å²) >= 11 is 12.5. The standard InChI is InChI=1S/C27H16Cl2F2N6/c28-17-9-20-25(36-19-5-6-22(31)21(29)11-19)16(12-32)13-35-27(20)23(10-17)37-26(24-14-33-7-8-34-24)15-1-3-18(30)4-2-15/h1-11,13-14,26,37H,(H,35,36). The highest BCUT2D eigenvalue weighted by molar-refractivity contribution is 6.32. The Morgan fingerprint density at radius 2 is 1.73 bits per heavy atom. The fourth-order valence-electron chi connectivity index (χ4n) is 3.91. The van der Waals surface area contributed by atoms with Crippen LogP contribution in [0.1, 0.15) is 22.9 Å². The van der Waals surface area contributed by atoms with Gasteiger partial charge in [0.15, 0.2) is 0 Å². The van der Waals surface area contributed by atoms with Crippen LogP contribution in [0.2, 0.25) is 10.0 Å². The summed E-state index contributed by atoms with van der Waals surface area (Å²) in [5, 5.41) is 17.2. The summed E-state index contributed by atoms with van der Waals surface area (Å²) in [5.41, 5.74) is 3.55. The van der Waals surface area contributed by atoms with E-state index in [9.17, 15) is 14.0 Å². The number of nitrogens with one attached hydrogen (secondary N) is 2. The third-order valence-electron chi connectivity index (χ3n) is 5.63. The minimum atomic E-state index is -0.558. The third kappa shape index (κ3) is 5.14. The Morgan fingerprint density at radius 1 is 0.919 bits per heavy atom. The number of anilines is 3. The lowest BCUT2D eigenvalue weighted by Gasteiger charge is -2.22. The molecule has 2 aromatic heterocycles. The number of pyridine rings is 1. The van der Waals surface area contributed by atoms with E-state index in [1.807, 2.05) is 0 Å². The molecule has 0 amide bonds. The predicted octanol–water partition coefficient (Wildman–Crippen LogP) is 7.43. The van der Waals surface area contributed by atoms with Crippen LogP contribution < -0.4 is 10.6 Å². The average molecular weight is 533 g/mol. The van der Waals surface area contributed by atoms with E-state index in [2.05, 4.69) is 31.7 Å². The zero-order valence-electron chi connectivity index (χ0n) is 18.9. The van der Waals surface area contributed by atoms with Gasteiger partial charge in [-0.25, -0.2) is 8.78 Å². The summed E-state index contributed by atoms with van der Waals surface area (Å²) in [6.45, 7) is 0. The number of hydrogen-bond acceptors (Lipinski definition) is 6. The van der Waals surface area contributed by atoms with Gasteiger partial charge >= 0.3 is 0 Å². The van der Waals surface area contributed by atoms with Crippen molar-refractivity contribution < 1.29 is 8.78 Å². The Morgan fingerprint density at radius 3 is 2.43 bits per heavy atom. The Kier molecular flexibility index (Phi) is 6.82. The minimum absolute atomic E-state index is 0.0617. The second kappa shape index (κ2) is 10.3. The zero-order chi connectivity index (χ0) is 25.9. The van der Waals surface area contributed by atoms with Crippen LogP contribution >= 0.6 is 23.2 Å². The van der Waals surface area contributed by atoms with Crippen molar-refractivity contribution in [3.05, 3.63) is 118 Å². The first-order chi connectivity index (χ1) is 17.9. The van der Waals surface area contributed by atoms with E-state index in [1.54, 1.807) is 42.9 Å². The van der Waals surface area contributed by atoms with Crippen molar-refractivity contribution in [1.82, 2.24) is 15.0 Å². The van der Waals surface area contributed by atoms with Crippen molar-refractivity contribution in [3.63, 3.8) is 0 Å². The van der Waals surface area contributed by atoms with E-state index in [0.717, 1.165) is 5.56 Å². The molecular weight excluding hydrogens is 517 g/mol. The lowest BCUT2D eigenvalue weighted by Crippen LogP contribution is -2.15. The van der Waals surface area contributed by atoms with E-state index in [0.29, 0.717) is 38.7 Å². The van der Waals surface area contributed by atoms with Gasteiger partial charge in [-0.05, 0) is 48.0 Å². The zero-order valence-corrected chi connectivity index (χ0v) is 20.4. The van der Waals surface area contributed by atoms with Gasteiger partial charge in [0.1, 0.15) is 17.7 Å². The molecule has 0 aliphatic carbocycles. The maximum absolute atomic E-state index is 13.7. The smallest absolute Gasteiger partial charge is 0.141 e. The summed E-state index contributed by atoms with van der Waals surface area (Å²) in [6.07, 6.45) is 6.17. The molecule has 0 radical (unpaired) electrons. The molecule has 0 aliphatic heterocycles. The maximum atomic E-state index is 13.7. The fraction of sp³-hybridized carbons (Fsp3) is 0.0370. The van der Waals surface area contributed by atoms with Crippen molar-refractivity contribution in [1.29, 1.82) is 5.26 Å². The van der Waals surface area contributed by atoms with Crippen molar-refractivity contribution in [3.8, 4) is 6.07 Å². The monoisotopic (exact) mass is 532 g/mol. The lowest BCUT2D eigenvalue weighted by molar-refractivity contribution is 0.626. The molecule has 182 valence electrons. The minimum Gasteiger partial charge on any atom is -0.371 e. The molecule has 37 heavy (non-hydrogen) atoms. The van der Waals surface area contributed by atoms with E-state index in [-0.39, 0.29) is 16.4 Å². The average Bonchev–Trinajstić information content (AvgIpc) is 2.90. The molecule has 0 spiro atoms. The van der Waals surface area contributed by atoms with Crippen molar-refractivity contribution >= 4 is 51.2 Å². The van der Waals surface area contributed by atoms with E-state index >= 15 is 0 Å². The van der Waals surface area contributed by atoms with E-state index in [1.165, 1.54) is 36.5 Å². The normalized spacial score (nSPS) is 11.6. The first-order valence-electron chi connectivity index (χ1n) is 11.0. The van der Waals surface area contributed by atoms with Gasteiger partial charge in [0, 0.05) is 34.7 Å². The second-order valence-electron chi connectivity index (χ2n) is 8.02. The van der Waals surface area contributed by atoms with Crippen molar-refractivity contribution in [2.45, 2.75) is 6.04 Å². The van der Waals surface area contributed by atoms with Crippen LogP contribution in [-0.4, -0.2) is 15.0 Å². The molecule has 2 heterocycles. The number of fused-ring (bicyclic) bond motifs is 1. The van der Waals surface area contributed by atoms with Crippen LogP contribution in [0.4, 0.5) is 25.8 Å².